The molecular weight excluding hydrogens is 282 g/mol. The van der Waals surface area contributed by atoms with Crippen molar-refractivity contribution >= 4 is 35.0 Å². The summed E-state index contributed by atoms with van der Waals surface area (Å²) in [4.78, 5) is 26.3. The minimum Gasteiger partial charge on any atom is -0.478 e. The number of rotatable bonds is 3. The summed E-state index contributed by atoms with van der Waals surface area (Å²) in [6.45, 7) is 0. The molecule has 0 aliphatic rings. The molecule has 2 amide bonds. The van der Waals surface area contributed by atoms with Crippen LogP contribution in [0, 0.1) is 0 Å². The molecule has 7 heteroatoms. The molecule has 0 aliphatic heterocycles. The smallest absolute Gasteiger partial charge is 0.337 e. The number of nitrogens with one attached hydrogen (secondary N) is 2. The normalized spacial score (nSPS) is 9.85. The van der Waals surface area contributed by atoms with Gasteiger partial charge >= 0.3 is 12.0 Å². The molecular formula is C13H10ClN3O3. The topological polar surface area (TPSA) is 91.3 Å². The predicted molar refractivity (Wildman–Crippen MR) is 75.3 cm³/mol. The maximum absolute atomic E-state index is 11.8. The van der Waals surface area contributed by atoms with E-state index in [4.69, 9.17) is 16.7 Å². The number of carbonyl (C=O) groups is 2. The van der Waals surface area contributed by atoms with E-state index in [0.29, 0.717) is 10.7 Å². The fourth-order valence-electron chi connectivity index (χ4n) is 1.47. The van der Waals surface area contributed by atoms with Gasteiger partial charge in [-0.25, -0.2) is 9.59 Å². The number of carbonyl (C=O) groups excluding carboxylic acids is 1. The monoisotopic (exact) mass is 291 g/mol. The summed E-state index contributed by atoms with van der Waals surface area (Å²) in [5.41, 5.74) is 0.712. The Labute approximate surface area is 119 Å². The van der Waals surface area contributed by atoms with Gasteiger partial charge in [0.2, 0.25) is 0 Å². The highest BCUT2D eigenvalue weighted by Crippen LogP contribution is 2.20. The van der Waals surface area contributed by atoms with E-state index in [0.717, 1.165) is 0 Å². The van der Waals surface area contributed by atoms with E-state index in [-0.39, 0.29) is 11.3 Å². The van der Waals surface area contributed by atoms with Gasteiger partial charge < -0.3 is 15.7 Å². The Kier molecular flexibility index (Phi) is 4.17. The number of amides is 2. The molecule has 0 fully saturated rings. The van der Waals surface area contributed by atoms with Crippen LogP contribution < -0.4 is 10.6 Å². The summed E-state index contributed by atoms with van der Waals surface area (Å²) in [5, 5.41) is 14.3. The first kappa shape index (κ1) is 13.8. The molecule has 102 valence electrons. The molecule has 0 bridgehead atoms. The third kappa shape index (κ3) is 3.46. The lowest BCUT2D eigenvalue weighted by molar-refractivity contribution is 0.0696. The van der Waals surface area contributed by atoms with Crippen molar-refractivity contribution in [3.63, 3.8) is 0 Å². The minimum absolute atomic E-state index is 0.0134. The highest BCUT2D eigenvalue weighted by molar-refractivity contribution is 6.33. The molecule has 0 unspecified atom stereocenters. The Morgan fingerprint density at radius 3 is 2.60 bits per heavy atom. The Balaban J connectivity index is 2.07. The minimum atomic E-state index is -1.12. The van der Waals surface area contributed by atoms with Gasteiger partial charge in [-0.05, 0) is 18.2 Å². The first-order valence-corrected chi connectivity index (χ1v) is 5.95. The summed E-state index contributed by atoms with van der Waals surface area (Å²) in [6.07, 6.45) is 2.54. The molecule has 0 spiro atoms. The summed E-state index contributed by atoms with van der Waals surface area (Å²) >= 11 is 5.91. The standard InChI is InChI=1S/C13H10ClN3O3/c14-10-3-1-2-4-11(10)17-13(20)16-9-5-8(12(18)19)6-15-7-9/h1-7H,(H,18,19)(H2,16,17,20). The van der Waals surface area contributed by atoms with Crippen molar-refractivity contribution < 1.29 is 14.7 Å². The van der Waals surface area contributed by atoms with E-state index in [1.54, 1.807) is 24.3 Å². The number of hydrogen-bond donors (Lipinski definition) is 3. The lowest BCUT2D eigenvalue weighted by Gasteiger charge is -2.08. The van der Waals surface area contributed by atoms with Crippen LogP contribution in [0.2, 0.25) is 5.02 Å². The van der Waals surface area contributed by atoms with E-state index in [2.05, 4.69) is 15.6 Å². The molecule has 2 rings (SSSR count). The van der Waals surface area contributed by atoms with E-state index < -0.39 is 12.0 Å². The van der Waals surface area contributed by atoms with Crippen LogP contribution in [0.25, 0.3) is 0 Å². The zero-order valence-electron chi connectivity index (χ0n) is 10.1. The van der Waals surface area contributed by atoms with Gasteiger partial charge in [-0.2, -0.15) is 0 Å². The molecule has 3 N–H and O–H groups in total. The van der Waals surface area contributed by atoms with E-state index in [1.807, 2.05) is 0 Å². The van der Waals surface area contributed by atoms with Gasteiger partial charge in [-0.15, -0.1) is 0 Å². The number of urea groups is 1. The molecule has 1 aromatic heterocycles. The highest BCUT2D eigenvalue weighted by Gasteiger charge is 2.08. The third-order valence-corrected chi connectivity index (χ3v) is 2.69. The van der Waals surface area contributed by atoms with Crippen LogP contribution in [0.5, 0.6) is 0 Å². The van der Waals surface area contributed by atoms with Gasteiger partial charge in [-0.1, -0.05) is 23.7 Å². The second-order valence-electron chi connectivity index (χ2n) is 3.83. The van der Waals surface area contributed by atoms with E-state index in [1.165, 1.54) is 18.5 Å². The van der Waals surface area contributed by atoms with Gasteiger partial charge in [0.05, 0.1) is 28.2 Å². The molecule has 1 aromatic carbocycles. The molecule has 0 saturated heterocycles. The van der Waals surface area contributed by atoms with Gasteiger partial charge in [0.25, 0.3) is 0 Å². The zero-order chi connectivity index (χ0) is 14.5. The first-order valence-electron chi connectivity index (χ1n) is 5.57. The third-order valence-electron chi connectivity index (χ3n) is 2.37. The Bertz CT molecular complexity index is 661. The number of aromatic carboxylic acids is 1. The predicted octanol–water partition coefficient (Wildman–Crippen LogP) is 3.08. The van der Waals surface area contributed by atoms with Gasteiger partial charge in [-0.3, -0.25) is 4.98 Å². The number of aromatic nitrogens is 1. The SMILES string of the molecule is O=C(Nc1cncc(C(=O)O)c1)Nc1ccccc1Cl. The van der Waals surface area contributed by atoms with Crippen LogP contribution in [-0.2, 0) is 0 Å². The van der Waals surface area contributed by atoms with Crippen molar-refractivity contribution in [3.05, 3.63) is 53.3 Å². The number of pyridine rings is 1. The number of benzene rings is 1. The molecule has 0 atom stereocenters. The molecule has 20 heavy (non-hydrogen) atoms. The summed E-state index contributed by atoms with van der Waals surface area (Å²) in [7, 11) is 0. The second-order valence-corrected chi connectivity index (χ2v) is 4.23. The van der Waals surface area contributed by atoms with Crippen molar-refractivity contribution in [2.45, 2.75) is 0 Å². The zero-order valence-corrected chi connectivity index (χ0v) is 10.9. The molecule has 2 aromatic rings. The van der Waals surface area contributed by atoms with Crippen LogP contribution >= 0.6 is 11.6 Å². The van der Waals surface area contributed by atoms with Gasteiger partial charge in [0, 0.05) is 6.20 Å². The van der Waals surface area contributed by atoms with Crippen LogP contribution in [0.15, 0.2) is 42.7 Å². The average molecular weight is 292 g/mol. The fraction of sp³-hybridized carbons (Fsp3) is 0. The number of anilines is 2. The van der Waals surface area contributed by atoms with Crippen molar-refractivity contribution in [2.24, 2.45) is 0 Å². The lowest BCUT2D eigenvalue weighted by atomic mass is 10.2. The van der Waals surface area contributed by atoms with Crippen LogP contribution in [-0.4, -0.2) is 22.1 Å². The number of para-hydroxylation sites is 1. The van der Waals surface area contributed by atoms with Crippen molar-refractivity contribution in [2.75, 3.05) is 10.6 Å². The fourth-order valence-corrected chi connectivity index (χ4v) is 1.66. The van der Waals surface area contributed by atoms with Crippen LogP contribution in [0.4, 0.5) is 16.2 Å². The summed E-state index contributed by atoms with van der Waals surface area (Å²) in [5.74, 6) is -1.12. The lowest BCUT2D eigenvalue weighted by Crippen LogP contribution is -2.20. The summed E-state index contributed by atoms with van der Waals surface area (Å²) < 4.78 is 0. The highest BCUT2D eigenvalue weighted by atomic mass is 35.5. The summed E-state index contributed by atoms with van der Waals surface area (Å²) in [6, 6.07) is 7.53. The Morgan fingerprint density at radius 2 is 1.90 bits per heavy atom. The Morgan fingerprint density at radius 1 is 1.15 bits per heavy atom. The van der Waals surface area contributed by atoms with Gasteiger partial charge in [0.1, 0.15) is 0 Å². The van der Waals surface area contributed by atoms with E-state index >= 15 is 0 Å². The molecule has 0 radical (unpaired) electrons. The van der Waals surface area contributed by atoms with Gasteiger partial charge in [0.15, 0.2) is 0 Å². The van der Waals surface area contributed by atoms with Crippen molar-refractivity contribution in [1.82, 2.24) is 4.98 Å². The number of carboxylic acids is 1. The first-order chi connectivity index (χ1) is 9.56. The van der Waals surface area contributed by atoms with Crippen LogP contribution in [0.1, 0.15) is 10.4 Å². The number of nitrogens with zero attached hydrogens (tertiary/aromatic N) is 1. The second kappa shape index (κ2) is 6.03. The number of hydrogen-bond acceptors (Lipinski definition) is 3. The van der Waals surface area contributed by atoms with Crippen molar-refractivity contribution in [1.29, 1.82) is 0 Å². The largest absolute Gasteiger partial charge is 0.478 e. The molecule has 0 aliphatic carbocycles. The Hall–Kier alpha value is -2.60. The van der Waals surface area contributed by atoms with E-state index in [9.17, 15) is 9.59 Å². The molecule has 6 nitrogen and oxygen atoms in total. The maximum Gasteiger partial charge on any atom is 0.337 e. The average Bonchev–Trinajstić information content (AvgIpc) is 2.41. The quantitative estimate of drug-likeness (QED) is 0.810. The molecule has 0 saturated carbocycles. The molecule has 1 heterocycles. The number of halogens is 1. The van der Waals surface area contributed by atoms with Crippen LogP contribution in [0.3, 0.4) is 0 Å². The number of carboxylic acid groups (broad SMARTS) is 1. The van der Waals surface area contributed by atoms with Crippen molar-refractivity contribution in [3.8, 4) is 0 Å². The maximum atomic E-state index is 11.8.